The van der Waals surface area contributed by atoms with Crippen LogP contribution in [-0.2, 0) is 0 Å². The van der Waals surface area contributed by atoms with E-state index in [9.17, 15) is 5.11 Å². The van der Waals surface area contributed by atoms with Gasteiger partial charge in [0.25, 0.3) is 0 Å². The molecule has 0 amide bonds. The maximum absolute atomic E-state index is 9.94. The fourth-order valence-electron chi connectivity index (χ4n) is 2.81. The van der Waals surface area contributed by atoms with E-state index in [0.717, 1.165) is 38.2 Å². The minimum atomic E-state index is -0.476. The lowest BCUT2D eigenvalue weighted by Crippen LogP contribution is -2.43. The fraction of sp³-hybridized carbons (Fsp3) is 0.444. The van der Waals surface area contributed by atoms with Crippen LogP contribution in [-0.4, -0.2) is 41.8 Å². The Morgan fingerprint density at radius 1 is 1.10 bits per heavy atom. The van der Waals surface area contributed by atoms with Gasteiger partial charge in [0.05, 0.1) is 5.60 Å². The molecule has 1 aliphatic heterocycles. The SMILES string of the molecule is CC1(O)CCN(CCOc2ccc3ccccc3c2)CC1. The molecular weight excluding hydrogens is 262 g/mol. The van der Waals surface area contributed by atoms with Crippen molar-refractivity contribution in [1.82, 2.24) is 4.90 Å². The van der Waals surface area contributed by atoms with Gasteiger partial charge in [0.2, 0.25) is 0 Å². The average molecular weight is 285 g/mol. The minimum absolute atomic E-state index is 0.476. The topological polar surface area (TPSA) is 32.7 Å². The third-order valence-electron chi connectivity index (χ3n) is 4.33. The van der Waals surface area contributed by atoms with E-state index < -0.39 is 5.60 Å². The Balaban J connectivity index is 1.50. The van der Waals surface area contributed by atoms with Gasteiger partial charge in [-0.3, -0.25) is 4.90 Å². The van der Waals surface area contributed by atoms with Crippen molar-refractivity contribution in [3.63, 3.8) is 0 Å². The Kier molecular flexibility index (Phi) is 4.13. The maximum atomic E-state index is 9.94. The van der Waals surface area contributed by atoms with Gasteiger partial charge in [-0.05, 0) is 42.7 Å². The molecular formula is C18H23NO2. The van der Waals surface area contributed by atoms with E-state index in [2.05, 4.69) is 29.2 Å². The lowest BCUT2D eigenvalue weighted by atomic mass is 9.94. The molecule has 0 unspecified atom stereocenters. The van der Waals surface area contributed by atoms with Crippen LogP contribution in [0.1, 0.15) is 19.8 Å². The van der Waals surface area contributed by atoms with Crippen molar-refractivity contribution >= 4 is 10.8 Å². The molecule has 21 heavy (non-hydrogen) atoms. The first-order valence-corrected chi connectivity index (χ1v) is 7.69. The first kappa shape index (κ1) is 14.4. The number of benzene rings is 2. The van der Waals surface area contributed by atoms with E-state index >= 15 is 0 Å². The molecule has 0 radical (unpaired) electrons. The second-order valence-electron chi connectivity index (χ2n) is 6.20. The smallest absolute Gasteiger partial charge is 0.120 e. The molecule has 0 spiro atoms. The molecule has 2 aromatic rings. The number of hydrogen-bond donors (Lipinski definition) is 1. The number of hydrogen-bond acceptors (Lipinski definition) is 3. The third kappa shape index (κ3) is 3.74. The highest BCUT2D eigenvalue weighted by Gasteiger charge is 2.26. The van der Waals surface area contributed by atoms with Gasteiger partial charge in [-0.2, -0.15) is 0 Å². The van der Waals surface area contributed by atoms with Gasteiger partial charge in [-0.1, -0.05) is 30.3 Å². The van der Waals surface area contributed by atoms with Crippen LogP contribution in [0.2, 0.25) is 0 Å². The standard InChI is InChI=1S/C18H23NO2/c1-18(20)8-10-19(11-9-18)12-13-21-17-7-6-15-4-2-3-5-16(15)14-17/h2-7,14,20H,8-13H2,1H3. The molecule has 0 aliphatic carbocycles. The number of nitrogens with zero attached hydrogens (tertiary/aromatic N) is 1. The molecule has 3 rings (SSSR count). The molecule has 3 nitrogen and oxygen atoms in total. The Morgan fingerprint density at radius 3 is 2.57 bits per heavy atom. The molecule has 0 saturated carbocycles. The zero-order valence-electron chi connectivity index (χ0n) is 12.6. The molecule has 112 valence electrons. The van der Waals surface area contributed by atoms with E-state index in [0.29, 0.717) is 6.61 Å². The summed E-state index contributed by atoms with van der Waals surface area (Å²) < 4.78 is 5.86. The second kappa shape index (κ2) is 6.04. The summed E-state index contributed by atoms with van der Waals surface area (Å²) in [5.74, 6) is 0.928. The van der Waals surface area contributed by atoms with Gasteiger partial charge in [-0.15, -0.1) is 0 Å². The summed E-state index contributed by atoms with van der Waals surface area (Å²) in [6.07, 6.45) is 1.70. The van der Waals surface area contributed by atoms with E-state index in [1.807, 2.05) is 25.1 Å². The molecule has 1 heterocycles. The molecule has 3 heteroatoms. The van der Waals surface area contributed by atoms with Crippen molar-refractivity contribution in [1.29, 1.82) is 0 Å². The summed E-state index contributed by atoms with van der Waals surface area (Å²) in [5, 5.41) is 12.4. The van der Waals surface area contributed by atoms with Crippen molar-refractivity contribution in [3.05, 3.63) is 42.5 Å². The van der Waals surface area contributed by atoms with Crippen molar-refractivity contribution in [3.8, 4) is 5.75 Å². The second-order valence-corrected chi connectivity index (χ2v) is 6.20. The van der Waals surface area contributed by atoms with Gasteiger partial charge in [-0.25, -0.2) is 0 Å². The highest BCUT2D eigenvalue weighted by molar-refractivity contribution is 5.83. The molecule has 0 bridgehead atoms. The van der Waals surface area contributed by atoms with Crippen LogP contribution in [0.15, 0.2) is 42.5 Å². The molecule has 0 aromatic heterocycles. The summed E-state index contributed by atoms with van der Waals surface area (Å²) in [5.41, 5.74) is -0.476. The highest BCUT2D eigenvalue weighted by Crippen LogP contribution is 2.22. The summed E-state index contributed by atoms with van der Waals surface area (Å²) in [4.78, 5) is 2.36. The fourth-order valence-corrected chi connectivity index (χ4v) is 2.81. The maximum Gasteiger partial charge on any atom is 0.120 e. The van der Waals surface area contributed by atoms with E-state index in [4.69, 9.17) is 4.74 Å². The van der Waals surface area contributed by atoms with Crippen LogP contribution in [0.5, 0.6) is 5.75 Å². The number of likely N-dealkylation sites (tertiary alicyclic amines) is 1. The first-order valence-electron chi connectivity index (χ1n) is 7.69. The number of rotatable bonds is 4. The monoisotopic (exact) mass is 285 g/mol. The van der Waals surface area contributed by atoms with Crippen LogP contribution >= 0.6 is 0 Å². The average Bonchev–Trinajstić information content (AvgIpc) is 2.49. The molecule has 1 fully saturated rings. The number of fused-ring (bicyclic) bond motifs is 1. The van der Waals surface area contributed by atoms with Crippen LogP contribution < -0.4 is 4.74 Å². The van der Waals surface area contributed by atoms with Gasteiger partial charge in [0.1, 0.15) is 12.4 Å². The summed E-state index contributed by atoms with van der Waals surface area (Å²) in [6.45, 7) is 5.45. The Morgan fingerprint density at radius 2 is 1.81 bits per heavy atom. The lowest BCUT2D eigenvalue weighted by Gasteiger charge is -2.35. The van der Waals surface area contributed by atoms with Crippen molar-refractivity contribution in [2.24, 2.45) is 0 Å². The normalized spacial score (nSPS) is 18.8. The summed E-state index contributed by atoms with van der Waals surface area (Å²) in [7, 11) is 0. The Bertz CT molecular complexity index is 599. The lowest BCUT2D eigenvalue weighted by molar-refractivity contribution is -0.00767. The van der Waals surface area contributed by atoms with Gasteiger partial charge in [0.15, 0.2) is 0 Å². The van der Waals surface area contributed by atoms with Gasteiger partial charge in [0, 0.05) is 19.6 Å². The first-order chi connectivity index (χ1) is 10.1. The zero-order valence-corrected chi connectivity index (χ0v) is 12.6. The van der Waals surface area contributed by atoms with E-state index in [1.165, 1.54) is 10.8 Å². The van der Waals surface area contributed by atoms with Crippen LogP contribution in [0.3, 0.4) is 0 Å². The van der Waals surface area contributed by atoms with Crippen molar-refractivity contribution < 1.29 is 9.84 Å². The molecule has 0 atom stereocenters. The van der Waals surface area contributed by atoms with E-state index in [1.54, 1.807) is 0 Å². The largest absolute Gasteiger partial charge is 0.492 e. The molecule has 1 saturated heterocycles. The quantitative estimate of drug-likeness (QED) is 0.937. The number of piperidine rings is 1. The summed E-state index contributed by atoms with van der Waals surface area (Å²) >= 11 is 0. The van der Waals surface area contributed by atoms with Crippen LogP contribution in [0.25, 0.3) is 10.8 Å². The molecule has 1 aliphatic rings. The highest BCUT2D eigenvalue weighted by atomic mass is 16.5. The zero-order chi connectivity index (χ0) is 14.7. The predicted octanol–water partition coefficient (Wildman–Crippen LogP) is 3.07. The number of ether oxygens (including phenoxy) is 1. The molecule has 1 N–H and O–H groups in total. The van der Waals surface area contributed by atoms with Crippen LogP contribution in [0.4, 0.5) is 0 Å². The van der Waals surface area contributed by atoms with Gasteiger partial charge >= 0.3 is 0 Å². The Hall–Kier alpha value is -1.58. The summed E-state index contributed by atoms with van der Waals surface area (Å²) in [6, 6.07) is 14.5. The van der Waals surface area contributed by atoms with Crippen LogP contribution in [0, 0.1) is 0 Å². The Labute approximate surface area is 126 Å². The van der Waals surface area contributed by atoms with Crippen molar-refractivity contribution in [2.75, 3.05) is 26.2 Å². The minimum Gasteiger partial charge on any atom is -0.492 e. The van der Waals surface area contributed by atoms with Crippen molar-refractivity contribution in [2.45, 2.75) is 25.4 Å². The van der Waals surface area contributed by atoms with Gasteiger partial charge < -0.3 is 9.84 Å². The predicted molar refractivity (Wildman–Crippen MR) is 85.7 cm³/mol. The van der Waals surface area contributed by atoms with E-state index in [-0.39, 0.29) is 0 Å². The molecule has 2 aromatic carbocycles. The third-order valence-corrected chi connectivity index (χ3v) is 4.33. The number of aliphatic hydroxyl groups is 1.